The summed E-state index contributed by atoms with van der Waals surface area (Å²) in [6.07, 6.45) is 92.3. The number of esters is 1. The lowest BCUT2D eigenvalue weighted by molar-refractivity contribution is -0.141. The Kier molecular flexibility index (Phi) is 40.2. The molecule has 3 aromatic rings. The van der Waals surface area contributed by atoms with E-state index in [-0.39, 0.29) is 22.0 Å². The van der Waals surface area contributed by atoms with Gasteiger partial charge in [0, 0.05) is 50.7 Å². The molecule has 3 aromatic heterocycles. The molecule has 0 bridgehead atoms. The Morgan fingerprint density at radius 3 is 1.14 bits per heavy atom. The number of allylic oxidation sites excluding steroid dienone is 1. The van der Waals surface area contributed by atoms with Crippen LogP contribution in [0.5, 0.6) is 0 Å². The predicted molar refractivity (Wildman–Crippen MR) is 421 cm³/mol. The number of ether oxygens (including phenoxy) is 1. The van der Waals surface area contributed by atoms with Crippen LogP contribution in [-0.2, 0) is 9.53 Å². The Balaban J connectivity index is 1.16. The van der Waals surface area contributed by atoms with Gasteiger partial charge in [-0.1, -0.05) is 393 Å². The molecule has 4 heterocycles. The van der Waals surface area contributed by atoms with Crippen molar-refractivity contribution in [3.05, 3.63) is 41.4 Å². The number of unbranched alkanes of at least 4 members (excludes halogenated alkanes) is 52. The first-order valence-corrected chi connectivity index (χ1v) is 45.0. The van der Waals surface area contributed by atoms with E-state index in [1.165, 1.54) is 405 Å². The van der Waals surface area contributed by atoms with Crippen molar-refractivity contribution >= 4 is 90.5 Å². The van der Waals surface area contributed by atoms with Crippen LogP contribution >= 0.6 is 45.8 Å². The number of fused-ring (bicyclic) bond motifs is 8. The molecular weight excluding hydrogens is 1210 g/mol. The molecule has 0 N–H and O–H groups in total. The van der Waals surface area contributed by atoms with Gasteiger partial charge >= 0.3 is 5.97 Å². The number of hydrogen-bond acceptors (Lipinski definition) is 6. The summed E-state index contributed by atoms with van der Waals surface area (Å²) in [6.45, 7) is 11.8. The van der Waals surface area contributed by atoms with Gasteiger partial charge in [0.2, 0.25) is 0 Å². The summed E-state index contributed by atoms with van der Waals surface area (Å²) in [5.74, 6) is 0.390. The van der Waals surface area contributed by atoms with Gasteiger partial charge in [-0.15, -0.1) is 45.8 Å². The second-order valence-corrected chi connectivity index (χ2v) is 34.7. The van der Waals surface area contributed by atoms with Crippen molar-refractivity contribution in [2.45, 2.75) is 430 Å². The van der Waals surface area contributed by atoms with Crippen LogP contribution in [0.15, 0.2) is 21.9 Å². The van der Waals surface area contributed by atoms with Crippen LogP contribution in [0.25, 0.3) is 38.8 Å². The highest BCUT2D eigenvalue weighted by atomic mass is 32.2. The fourth-order valence-electron chi connectivity index (χ4n) is 17.5. The van der Waals surface area contributed by atoms with E-state index in [2.05, 4.69) is 80.0 Å². The van der Waals surface area contributed by atoms with Crippen molar-refractivity contribution in [1.82, 2.24) is 0 Å². The Hall–Kier alpha value is -1.60. The van der Waals surface area contributed by atoms with Gasteiger partial charge in [-0.2, -0.15) is 0 Å². The molecule has 0 radical (unpaired) electrons. The third kappa shape index (κ3) is 25.2. The molecule has 1 aliphatic heterocycles. The van der Waals surface area contributed by atoms with Gasteiger partial charge in [0.25, 0.3) is 0 Å². The van der Waals surface area contributed by atoms with E-state index in [0.717, 1.165) is 0 Å². The summed E-state index contributed by atoms with van der Waals surface area (Å²) in [4.78, 5) is 15.0. The number of hydrogen-bond donors (Lipinski definition) is 0. The summed E-state index contributed by atoms with van der Waals surface area (Å²) < 4.78 is 13.5. The molecule has 0 amide bonds. The minimum absolute atomic E-state index is 0.0244. The topological polar surface area (TPSA) is 26.3 Å². The van der Waals surface area contributed by atoms with Crippen LogP contribution < -0.4 is 18.8 Å². The smallest absolute Gasteiger partial charge is 0.323 e. The van der Waals surface area contributed by atoms with E-state index in [0.29, 0.717) is 12.5 Å². The summed E-state index contributed by atoms with van der Waals surface area (Å²) in [5.41, 5.74) is 7.09. The Labute approximate surface area is 590 Å². The van der Waals surface area contributed by atoms with E-state index in [4.69, 9.17) is 4.74 Å². The van der Waals surface area contributed by atoms with E-state index in [1.54, 1.807) is 24.6 Å². The van der Waals surface area contributed by atoms with Crippen LogP contribution in [0.1, 0.15) is 425 Å². The molecule has 3 aliphatic carbocycles. The molecule has 2 atom stereocenters. The predicted octanol–water partition coefficient (Wildman–Crippen LogP) is 28.1. The third-order valence-electron chi connectivity index (χ3n) is 23.0. The minimum Gasteiger partial charge on any atom is -0.465 e. The molecule has 2 unspecified atom stereocenters. The first-order chi connectivity index (χ1) is 46.0. The van der Waals surface area contributed by atoms with Crippen molar-refractivity contribution in [2.24, 2.45) is 16.7 Å². The molecule has 4 aliphatic rings. The number of carbonyl (C=O) groups excluding carboxylic acids is 1. The fourth-order valence-corrected chi connectivity index (χ4v) is 22.9. The molecule has 528 valence electrons. The zero-order chi connectivity index (χ0) is 65.3. The molecule has 93 heavy (non-hydrogen) atoms. The summed E-state index contributed by atoms with van der Waals surface area (Å²) in [7, 11) is 0. The second-order valence-electron chi connectivity index (χ2n) is 30.6. The molecule has 1 saturated carbocycles. The highest BCUT2D eigenvalue weighted by Crippen LogP contribution is 2.69. The zero-order valence-electron chi connectivity index (χ0n) is 61.6. The maximum absolute atomic E-state index is 13.6. The summed E-state index contributed by atoms with van der Waals surface area (Å²) in [6, 6.07) is 2.47. The molecule has 0 spiro atoms. The average Bonchev–Trinajstić information content (AvgIpc) is 1.52. The monoisotopic (exact) mass is 1350 g/mol. The SMILES string of the molecule is CCCCCCCCCCCCCCCCC1(CCCCCCCCCCCCCCCC)C2=Cc3c4c(sc3=C2C(CCCCCCCCCCCCCCCC)(CCCCCCCCCCCCCCCC)C2C=c3c(sc5ccsc35)=C21)=CC(C(=O)OCC)S4. The Bertz CT molecular complexity index is 2680. The molecule has 0 aromatic carbocycles. The molecule has 0 saturated heterocycles. The molecular formula is C87H144O2S4. The quantitative estimate of drug-likeness (QED) is 0.0416. The molecule has 1 fully saturated rings. The number of rotatable bonds is 62. The van der Waals surface area contributed by atoms with Crippen LogP contribution in [0.3, 0.4) is 0 Å². The van der Waals surface area contributed by atoms with Crippen LogP contribution in [0, 0.1) is 16.7 Å². The number of thioether (sulfide) groups is 1. The minimum atomic E-state index is -0.238. The Morgan fingerprint density at radius 1 is 0.419 bits per heavy atom. The average molecular weight is 1350 g/mol. The van der Waals surface area contributed by atoms with Crippen molar-refractivity contribution < 1.29 is 9.53 Å². The fraction of sp³-hybridized carbons (Fsp3) is 0.805. The van der Waals surface area contributed by atoms with Gasteiger partial charge in [-0.3, -0.25) is 4.79 Å². The highest BCUT2D eigenvalue weighted by molar-refractivity contribution is 8.01. The van der Waals surface area contributed by atoms with Gasteiger partial charge in [0.1, 0.15) is 5.25 Å². The van der Waals surface area contributed by atoms with Crippen LogP contribution in [0.2, 0.25) is 0 Å². The summed E-state index contributed by atoms with van der Waals surface area (Å²) >= 11 is 8.15. The summed E-state index contributed by atoms with van der Waals surface area (Å²) in [5, 5.41) is 3.80. The molecule has 6 heteroatoms. The number of thiophene rings is 3. The third-order valence-corrected chi connectivity index (χ3v) is 27.8. The standard InChI is InChI=1S/C87H144O2S4/c1-6-11-15-19-23-27-31-35-39-43-47-51-55-59-64-86(65-60-56-52-48-44-40-36-32-28-24-20-16-12-7-2)74-69-72-81-76(63-68-90-81)91-83(72)79(74)87(66-61-57-53-49-45-41-37-33-29-25-21-17-13-8-3,67-62-58-54-50-46-42-38-34-30-26-22-18-14-9-4)75-70-73-82-77(92-84(73)80(75)86)71-78(93-82)85(88)89-10-5/h63,68-71,74,78H,6-62,64-67H2,1-5H3. The van der Waals surface area contributed by atoms with Gasteiger partial charge in [0.05, 0.1) is 11.3 Å². The maximum Gasteiger partial charge on any atom is 0.323 e. The van der Waals surface area contributed by atoms with Crippen molar-refractivity contribution in [3.63, 3.8) is 0 Å². The van der Waals surface area contributed by atoms with Gasteiger partial charge in [-0.25, -0.2) is 0 Å². The second kappa shape index (κ2) is 47.4. The lowest BCUT2D eigenvalue weighted by Crippen LogP contribution is -2.47. The van der Waals surface area contributed by atoms with Crippen LogP contribution in [0.4, 0.5) is 0 Å². The first kappa shape index (κ1) is 78.7. The van der Waals surface area contributed by atoms with Crippen LogP contribution in [-0.4, -0.2) is 17.8 Å². The maximum atomic E-state index is 13.6. The molecule has 7 rings (SSSR count). The first-order valence-electron chi connectivity index (χ1n) is 41.7. The van der Waals surface area contributed by atoms with Crippen molar-refractivity contribution in [2.75, 3.05) is 6.61 Å². The largest absolute Gasteiger partial charge is 0.465 e. The lowest BCUT2D eigenvalue weighted by atomic mass is 9.48. The Morgan fingerprint density at radius 2 is 0.774 bits per heavy atom. The van der Waals surface area contributed by atoms with Gasteiger partial charge in [0.15, 0.2) is 0 Å². The van der Waals surface area contributed by atoms with E-state index in [9.17, 15) is 4.79 Å². The normalized spacial score (nSPS) is 16.6. The van der Waals surface area contributed by atoms with Crippen molar-refractivity contribution in [1.29, 1.82) is 0 Å². The van der Waals surface area contributed by atoms with Gasteiger partial charge in [-0.05, 0) is 72.9 Å². The molecule has 2 nitrogen and oxygen atoms in total. The van der Waals surface area contributed by atoms with E-state index in [1.807, 2.05) is 41.2 Å². The van der Waals surface area contributed by atoms with E-state index < -0.39 is 0 Å². The van der Waals surface area contributed by atoms with Crippen molar-refractivity contribution in [3.8, 4) is 0 Å². The zero-order valence-corrected chi connectivity index (χ0v) is 64.9. The van der Waals surface area contributed by atoms with E-state index >= 15 is 0 Å². The number of carbonyl (C=O) groups is 1. The highest BCUT2D eigenvalue weighted by Gasteiger charge is 2.59. The van der Waals surface area contributed by atoms with Gasteiger partial charge < -0.3 is 4.74 Å². The lowest BCUT2D eigenvalue weighted by Gasteiger charge is -2.55.